The summed E-state index contributed by atoms with van der Waals surface area (Å²) in [4.78, 5) is 16.0. The van der Waals surface area contributed by atoms with E-state index in [-0.39, 0.29) is 12.1 Å². The molecule has 1 N–H and O–H groups in total. The van der Waals surface area contributed by atoms with Crippen molar-refractivity contribution < 1.29 is 22.7 Å². The van der Waals surface area contributed by atoms with Crippen LogP contribution < -0.4 is 5.32 Å². The summed E-state index contributed by atoms with van der Waals surface area (Å²) in [6.07, 6.45) is -3.64. The molecule has 0 saturated carbocycles. The smallest absolute Gasteiger partial charge is 0.416 e. The van der Waals surface area contributed by atoms with Gasteiger partial charge in [0, 0.05) is 22.8 Å². The van der Waals surface area contributed by atoms with Gasteiger partial charge in [-0.05, 0) is 66.5 Å². The number of alkyl carbamates (subject to hydrolysis) is 1. The average molecular weight is 431 g/mol. The van der Waals surface area contributed by atoms with Crippen molar-refractivity contribution in [2.24, 2.45) is 0 Å². The van der Waals surface area contributed by atoms with Crippen molar-refractivity contribution in [3.63, 3.8) is 0 Å². The number of alkyl halides is 3. The van der Waals surface area contributed by atoms with Crippen molar-refractivity contribution in [3.8, 4) is 11.3 Å². The molecule has 0 spiro atoms. The molecule has 0 aliphatic carbocycles. The molecule has 1 heterocycles. The minimum Gasteiger partial charge on any atom is -0.444 e. The van der Waals surface area contributed by atoms with Gasteiger partial charge in [0.25, 0.3) is 0 Å². The number of amides is 1. The number of rotatable bonds is 3. The third-order valence-corrected chi connectivity index (χ3v) is 3.91. The van der Waals surface area contributed by atoms with E-state index in [9.17, 15) is 18.0 Å². The van der Waals surface area contributed by atoms with Crippen molar-refractivity contribution in [3.05, 3.63) is 52.1 Å². The molecule has 4 nitrogen and oxygen atoms in total. The number of aromatic nitrogens is 1. The summed E-state index contributed by atoms with van der Waals surface area (Å²) < 4.78 is 45.0. The highest BCUT2D eigenvalue weighted by Crippen LogP contribution is 2.35. The molecule has 0 aliphatic rings. The largest absolute Gasteiger partial charge is 0.444 e. The van der Waals surface area contributed by atoms with Gasteiger partial charge in [-0.2, -0.15) is 13.2 Å². The van der Waals surface area contributed by atoms with Crippen LogP contribution in [0.15, 0.2) is 41.0 Å². The Bertz CT molecular complexity index is 802. The lowest BCUT2D eigenvalue weighted by Crippen LogP contribution is -2.32. The Kier molecular flexibility index (Phi) is 5.95. The maximum Gasteiger partial charge on any atom is 0.416 e. The predicted molar refractivity (Wildman–Crippen MR) is 95.4 cm³/mol. The Hall–Kier alpha value is -2.09. The number of halogens is 4. The van der Waals surface area contributed by atoms with Gasteiger partial charge in [-0.1, -0.05) is 6.07 Å². The van der Waals surface area contributed by atoms with Crippen LogP contribution in [0.4, 0.5) is 18.0 Å². The van der Waals surface area contributed by atoms with Gasteiger partial charge in [0.2, 0.25) is 0 Å². The van der Waals surface area contributed by atoms with Crippen LogP contribution in [-0.4, -0.2) is 16.7 Å². The van der Waals surface area contributed by atoms with E-state index in [2.05, 4.69) is 26.2 Å². The van der Waals surface area contributed by atoms with E-state index in [0.29, 0.717) is 15.7 Å². The summed E-state index contributed by atoms with van der Waals surface area (Å²) in [5.41, 5.74) is -0.325. The molecular weight excluding hydrogens is 413 g/mol. The molecule has 140 valence electrons. The normalized spacial score (nSPS) is 12.0. The monoisotopic (exact) mass is 430 g/mol. The van der Waals surface area contributed by atoms with Crippen molar-refractivity contribution in [1.82, 2.24) is 10.3 Å². The van der Waals surface area contributed by atoms with E-state index < -0.39 is 23.4 Å². The number of hydrogen-bond donors (Lipinski definition) is 1. The van der Waals surface area contributed by atoms with Crippen LogP contribution in [-0.2, 0) is 17.5 Å². The topological polar surface area (TPSA) is 51.2 Å². The lowest BCUT2D eigenvalue weighted by molar-refractivity contribution is -0.137. The van der Waals surface area contributed by atoms with E-state index in [0.717, 1.165) is 12.1 Å². The summed E-state index contributed by atoms with van der Waals surface area (Å²) in [5.74, 6) is 0. The SMILES string of the molecule is CC(C)(C)OC(=O)NCc1ccc(C(F)(F)F)cc1-c1ncccc1Br. The highest BCUT2D eigenvalue weighted by molar-refractivity contribution is 9.10. The summed E-state index contributed by atoms with van der Waals surface area (Å²) in [6.45, 7) is 5.18. The van der Waals surface area contributed by atoms with Crippen molar-refractivity contribution in [2.75, 3.05) is 0 Å². The first-order chi connectivity index (χ1) is 12.0. The lowest BCUT2D eigenvalue weighted by Gasteiger charge is -2.20. The van der Waals surface area contributed by atoms with Crippen molar-refractivity contribution in [2.45, 2.75) is 39.1 Å². The van der Waals surface area contributed by atoms with Crippen LogP contribution in [0, 0.1) is 0 Å². The fourth-order valence-electron chi connectivity index (χ4n) is 2.19. The minimum atomic E-state index is -4.48. The average Bonchev–Trinajstić information content (AvgIpc) is 2.51. The fourth-order valence-corrected chi connectivity index (χ4v) is 2.66. The fraction of sp³-hybridized carbons (Fsp3) is 0.333. The second-order valence-corrected chi connectivity index (χ2v) is 7.41. The molecule has 0 radical (unpaired) electrons. The Morgan fingerprint density at radius 1 is 1.23 bits per heavy atom. The van der Waals surface area contributed by atoms with Gasteiger partial charge in [-0.25, -0.2) is 4.79 Å². The van der Waals surface area contributed by atoms with Gasteiger partial charge < -0.3 is 10.1 Å². The van der Waals surface area contributed by atoms with Gasteiger partial charge in [-0.3, -0.25) is 4.98 Å². The Balaban J connectivity index is 2.37. The second kappa shape index (κ2) is 7.65. The summed E-state index contributed by atoms with van der Waals surface area (Å²) in [6, 6.07) is 6.69. The maximum atomic E-state index is 13.1. The van der Waals surface area contributed by atoms with E-state index in [4.69, 9.17) is 4.74 Å². The third kappa shape index (κ3) is 5.45. The van der Waals surface area contributed by atoms with Crippen molar-refractivity contribution in [1.29, 1.82) is 0 Å². The Morgan fingerprint density at radius 2 is 1.92 bits per heavy atom. The highest BCUT2D eigenvalue weighted by Gasteiger charge is 2.31. The molecule has 2 rings (SSSR count). The van der Waals surface area contributed by atoms with E-state index in [1.807, 2.05) is 0 Å². The van der Waals surface area contributed by atoms with Crippen LogP contribution in [0.2, 0.25) is 0 Å². The number of nitrogens with one attached hydrogen (secondary N) is 1. The molecule has 0 fully saturated rings. The van der Waals surface area contributed by atoms with Gasteiger partial charge in [0.15, 0.2) is 0 Å². The molecule has 0 bridgehead atoms. The number of ether oxygens (including phenoxy) is 1. The Labute approximate surface area is 157 Å². The number of nitrogens with zero attached hydrogens (tertiary/aromatic N) is 1. The molecule has 0 aliphatic heterocycles. The summed E-state index contributed by atoms with van der Waals surface area (Å²) in [7, 11) is 0. The molecule has 0 unspecified atom stereocenters. The van der Waals surface area contributed by atoms with Crippen LogP contribution in [0.1, 0.15) is 31.9 Å². The molecule has 0 saturated heterocycles. The first-order valence-electron chi connectivity index (χ1n) is 7.75. The molecule has 1 aromatic carbocycles. The predicted octanol–water partition coefficient (Wildman–Crippen LogP) is 5.55. The second-order valence-electron chi connectivity index (χ2n) is 6.56. The molecule has 26 heavy (non-hydrogen) atoms. The zero-order valence-electron chi connectivity index (χ0n) is 14.4. The molecule has 0 atom stereocenters. The highest BCUT2D eigenvalue weighted by atomic mass is 79.9. The minimum absolute atomic E-state index is 0.00536. The molecule has 1 amide bonds. The molecule has 1 aromatic heterocycles. The van der Waals surface area contributed by atoms with Crippen molar-refractivity contribution >= 4 is 22.0 Å². The first-order valence-corrected chi connectivity index (χ1v) is 8.54. The number of carbonyl (C=O) groups excluding carboxylic acids is 1. The van der Waals surface area contributed by atoms with Gasteiger partial charge in [-0.15, -0.1) is 0 Å². The number of benzene rings is 1. The number of hydrogen-bond acceptors (Lipinski definition) is 3. The quantitative estimate of drug-likeness (QED) is 0.693. The molecular formula is C18H18BrF3N2O2. The first kappa shape index (κ1) is 20.2. The van der Waals surface area contributed by atoms with Gasteiger partial charge in [0.1, 0.15) is 5.60 Å². The third-order valence-electron chi connectivity index (χ3n) is 3.27. The summed E-state index contributed by atoms with van der Waals surface area (Å²) >= 11 is 3.31. The van der Waals surface area contributed by atoms with Gasteiger partial charge in [0.05, 0.1) is 11.3 Å². The lowest BCUT2D eigenvalue weighted by atomic mass is 10.00. The molecule has 8 heteroatoms. The van der Waals surface area contributed by atoms with E-state index in [1.54, 1.807) is 32.9 Å². The van der Waals surface area contributed by atoms with Crippen LogP contribution in [0.5, 0.6) is 0 Å². The standard InChI is InChI=1S/C18H18BrF3N2O2/c1-17(2,3)26-16(25)24-10-11-6-7-12(18(20,21)22)9-13(11)15-14(19)5-4-8-23-15/h4-9H,10H2,1-3H3,(H,24,25). The zero-order chi connectivity index (χ0) is 19.5. The maximum absolute atomic E-state index is 13.1. The van der Waals surface area contributed by atoms with Crippen LogP contribution >= 0.6 is 15.9 Å². The van der Waals surface area contributed by atoms with E-state index >= 15 is 0 Å². The number of carbonyl (C=O) groups is 1. The summed E-state index contributed by atoms with van der Waals surface area (Å²) in [5, 5.41) is 2.56. The zero-order valence-corrected chi connectivity index (χ0v) is 16.0. The number of pyridine rings is 1. The van der Waals surface area contributed by atoms with Gasteiger partial charge >= 0.3 is 12.3 Å². The van der Waals surface area contributed by atoms with Crippen LogP contribution in [0.3, 0.4) is 0 Å². The van der Waals surface area contributed by atoms with Crippen LogP contribution in [0.25, 0.3) is 11.3 Å². The molecule has 2 aromatic rings. The Morgan fingerprint density at radius 3 is 2.50 bits per heavy atom. The van der Waals surface area contributed by atoms with E-state index in [1.165, 1.54) is 12.3 Å².